The molecule has 0 aliphatic heterocycles. The van der Waals surface area contributed by atoms with Crippen LogP contribution in [-0.4, -0.2) is 26.8 Å². The van der Waals surface area contributed by atoms with Crippen molar-refractivity contribution < 1.29 is 19.0 Å². The number of methoxy groups -OCH3 is 2. The molecule has 0 saturated heterocycles. The zero-order valence-corrected chi connectivity index (χ0v) is 11.1. The van der Waals surface area contributed by atoms with Crippen LogP contribution in [0.4, 0.5) is 0 Å². The largest absolute Gasteiger partial charge is 0.496 e. The molecule has 0 saturated carbocycles. The number of hydrogen-bond donors (Lipinski definition) is 0. The normalized spacial score (nSPS) is 10.4. The monoisotopic (exact) mass is 250 g/mol. The first-order chi connectivity index (χ1) is 8.62. The van der Waals surface area contributed by atoms with E-state index in [1.54, 1.807) is 27.2 Å². The fraction of sp³-hybridized carbons (Fsp3) is 0.357. The molecular formula is C14H18O4. The summed E-state index contributed by atoms with van der Waals surface area (Å²) in [4.78, 5) is 11.3. The molecule has 4 nitrogen and oxygen atoms in total. The average molecular weight is 250 g/mol. The summed E-state index contributed by atoms with van der Waals surface area (Å²) in [6.07, 6.45) is 3.02. The Balaban J connectivity index is 3.03. The van der Waals surface area contributed by atoms with Gasteiger partial charge in [0.15, 0.2) is 0 Å². The van der Waals surface area contributed by atoms with Gasteiger partial charge in [-0.3, -0.25) is 0 Å². The lowest BCUT2D eigenvalue weighted by molar-refractivity contribution is -0.137. The lowest BCUT2D eigenvalue weighted by atomic mass is 10.1. The molecule has 0 aliphatic carbocycles. The molecule has 1 aromatic rings. The quantitative estimate of drug-likeness (QED) is 0.595. The predicted molar refractivity (Wildman–Crippen MR) is 70.0 cm³/mol. The Bertz CT molecular complexity index is 449. The fourth-order valence-electron chi connectivity index (χ4n) is 1.55. The highest BCUT2D eigenvalue weighted by Gasteiger charge is 2.06. The molecule has 0 bridgehead atoms. The highest BCUT2D eigenvalue weighted by molar-refractivity contribution is 5.87. The summed E-state index contributed by atoms with van der Waals surface area (Å²) in [6.45, 7) is 4.05. The van der Waals surface area contributed by atoms with E-state index in [1.807, 2.05) is 19.1 Å². The number of hydrogen-bond acceptors (Lipinski definition) is 4. The number of carbonyl (C=O) groups excluding carboxylic acids is 1. The van der Waals surface area contributed by atoms with Crippen molar-refractivity contribution in [2.75, 3.05) is 20.8 Å². The molecule has 1 rings (SSSR count). The van der Waals surface area contributed by atoms with Gasteiger partial charge in [-0.2, -0.15) is 0 Å². The smallest absolute Gasteiger partial charge is 0.330 e. The maximum Gasteiger partial charge on any atom is 0.330 e. The van der Waals surface area contributed by atoms with Gasteiger partial charge in [0.05, 0.1) is 20.8 Å². The molecule has 1 aromatic carbocycles. The van der Waals surface area contributed by atoms with Gasteiger partial charge in [0, 0.05) is 11.6 Å². The van der Waals surface area contributed by atoms with Gasteiger partial charge in [-0.15, -0.1) is 0 Å². The van der Waals surface area contributed by atoms with Crippen LogP contribution in [0.15, 0.2) is 18.2 Å². The average Bonchev–Trinajstić information content (AvgIpc) is 2.37. The third kappa shape index (κ3) is 3.52. The van der Waals surface area contributed by atoms with E-state index in [9.17, 15) is 4.79 Å². The first-order valence-corrected chi connectivity index (χ1v) is 5.69. The first kappa shape index (κ1) is 14.1. The molecule has 0 radical (unpaired) electrons. The van der Waals surface area contributed by atoms with Gasteiger partial charge in [0.25, 0.3) is 0 Å². The standard InChI is InChI=1S/C14H18O4/c1-5-18-14(15)7-6-11-9-12(16-3)10(2)8-13(11)17-4/h6-9H,5H2,1-4H3/b7-6+. The van der Waals surface area contributed by atoms with Crippen molar-refractivity contribution in [1.82, 2.24) is 0 Å². The van der Waals surface area contributed by atoms with Crippen LogP contribution in [0.2, 0.25) is 0 Å². The van der Waals surface area contributed by atoms with Crippen LogP contribution in [0, 0.1) is 6.92 Å². The van der Waals surface area contributed by atoms with E-state index in [1.165, 1.54) is 6.08 Å². The molecule has 0 atom stereocenters. The fourth-order valence-corrected chi connectivity index (χ4v) is 1.55. The Hall–Kier alpha value is -1.97. The Labute approximate surface area is 107 Å². The molecule has 0 heterocycles. The molecular weight excluding hydrogens is 232 g/mol. The van der Waals surface area contributed by atoms with Crippen LogP contribution in [0.5, 0.6) is 11.5 Å². The van der Waals surface area contributed by atoms with E-state index in [0.717, 1.165) is 16.9 Å². The van der Waals surface area contributed by atoms with E-state index in [4.69, 9.17) is 14.2 Å². The van der Waals surface area contributed by atoms with Crippen molar-refractivity contribution in [2.24, 2.45) is 0 Å². The molecule has 0 aromatic heterocycles. The van der Waals surface area contributed by atoms with Gasteiger partial charge >= 0.3 is 5.97 Å². The van der Waals surface area contributed by atoms with Crippen molar-refractivity contribution >= 4 is 12.0 Å². The van der Waals surface area contributed by atoms with Gasteiger partial charge < -0.3 is 14.2 Å². The van der Waals surface area contributed by atoms with Crippen LogP contribution >= 0.6 is 0 Å². The Morgan fingerprint density at radius 2 is 1.89 bits per heavy atom. The van der Waals surface area contributed by atoms with Crippen LogP contribution in [0.1, 0.15) is 18.1 Å². The molecule has 0 N–H and O–H groups in total. The van der Waals surface area contributed by atoms with Gasteiger partial charge in [-0.25, -0.2) is 4.79 Å². The SMILES string of the molecule is CCOC(=O)/C=C/c1cc(OC)c(C)cc1OC. The summed E-state index contributed by atoms with van der Waals surface area (Å²) in [6, 6.07) is 3.69. The van der Waals surface area contributed by atoms with E-state index < -0.39 is 0 Å². The second-order valence-electron chi connectivity index (χ2n) is 3.65. The maximum atomic E-state index is 11.3. The van der Waals surface area contributed by atoms with Gasteiger partial charge in [0.1, 0.15) is 11.5 Å². The van der Waals surface area contributed by atoms with E-state index in [-0.39, 0.29) is 5.97 Å². The summed E-state index contributed by atoms with van der Waals surface area (Å²) >= 11 is 0. The van der Waals surface area contributed by atoms with E-state index >= 15 is 0 Å². The molecule has 18 heavy (non-hydrogen) atoms. The Morgan fingerprint density at radius 3 is 2.44 bits per heavy atom. The predicted octanol–water partition coefficient (Wildman–Crippen LogP) is 2.59. The summed E-state index contributed by atoms with van der Waals surface area (Å²) in [5, 5.41) is 0. The summed E-state index contributed by atoms with van der Waals surface area (Å²) in [5.74, 6) is 1.06. The minimum Gasteiger partial charge on any atom is -0.496 e. The van der Waals surface area contributed by atoms with Crippen LogP contribution in [0.25, 0.3) is 6.08 Å². The van der Waals surface area contributed by atoms with Gasteiger partial charge in [-0.05, 0) is 37.6 Å². The first-order valence-electron chi connectivity index (χ1n) is 5.69. The third-order valence-corrected chi connectivity index (χ3v) is 2.43. The molecule has 0 aliphatic rings. The van der Waals surface area contributed by atoms with Crippen LogP contribution in [0.3, 0.4) is 0 Å². The second kappa shape index (κ2) is 6.69. The number of esters is 1. The molecule has 0 fully saturated rings. The second-order valence-corrected chi connectivity index (χ2v) is 3.65. The number of carbonyl (C=O) groups is 1. The Kier molecular flexibility index (Phi) is 5.24. The number of ether oxygens (including phenoxy) is 3. The summed E-state index contributed by atoms with van der Waals surface area (Å²) in [5.41, 5.74) is 1.75. The van der Waals surface area contributed by atoms with Crippen molar-refractivity contribution in [1.29, 1.82) is 0 Å². The summed E-state index contributed by atoms with van der Waals surface area (Å²) in [7, 11) is 3.19. The Morgan fingerprint density at radius 1 is 1.22 bits per heavy atom. The van der Waals surface area contributed by atoms with E-state index in [0.29, 0.717) is 12.4 Å². The minimum atomic E-state index is -0.376. The highest BCUT2D eigenvalue weighted by Crippen LogP contribution is 2.29. The number of aryl methyl sites for hydroxylation is 1. The number of benzene rings is 1. The maximum absolute atomic E-state index is 11.3. The van der Waals surface area contributed by atoms with E-state index in [2.05, 4.69) is 0 Å². The molecule has 0 amide bonds. The van der Waals surface area contributed by atoms with Crippen LogP contribution in [-0.2, 0) is 9.53 Å². The van der Waals surface area contributed by atoms with Crippen molar-refractivity contribution in [2.45, 2.75) is 13.8 Å². The molecule has 4 heteroatoms. The summed E-state index contributed by atoms with van der Waals surface area (Å²) < 4.78 is 15.3. The zero-order valence-electron chi connectivity index (χ0n) is 11.1. The lowest BCUT2D eigenvalue weighted by Crippen LogP contribution is -1.99. The van der Waals surface area contributed by atoms with Crippen molar-refractivity contribution in [3.05, 3.63) is 29.3 Å². The van der Waals surface area contributed by atoms with Crippen molar-refractivity contribution in [3.8, 4) is 11.5 Å². The van der Waals surface area contributed by atoms with Gasteiger partial charge in [-0.1, -0.05) is 0 Å². The van der Waals surface area contributed by atoms with Gasteiger partial charge in [0.2, 0.25) is 0 Å². The molecule has 98 valence electrons. The lowest BCUT2D eigenvalue weighted by Gasteiger charge is -2.10. The molecule has 0 unspecified atom stereocenters. The molecule has 0 spiro atoms. The van der Waals surface area contributed by atoms with Crippen molar-refractivity contribution in [3.63, 3.8) is 0 Å². The number of rotatable bonds is 5. The zero-order chi connectivity index (χ0) is 13.5. The topological polar surface area (TPSA) is 44.8 Å². The third-order valence-electron chi connectivity index (χ3n) is 2.43. The van der Waals surface area contributed by atoms with Crippen LogP contribution < -0.4 is 9.47 Å². The minimum absolute atomic E-state index is 0.359. The highest BCUT2D eigenvalue weighted by atomic mass is 16.5.